The average molecular weight is 412 g/mol. The summed E-state index contributed by atoms with van der Waals surface area (Å²) < 4.78 is 53.3. The second kappa shape index (κ2) is 7.26. The number of ketones is 1. The van der Waals surface area contributed by atoms with Crippen LogP contribution < -0.4 is 10.6 Å². The third-order valence-corrected chi connectivity index (χ3v) is 5.60. The van der Waals surface area contributed by atoms with Gasteiger partial charge in [-0.15, -0.1) is 0 Å². The van der Waals surface area contributed by atoms with Gasteiger partial charge in [-0.25, -0.2) is 4.18 Å². The summed E-state index contributed by atoms with van der Waals surface area (Å²) in [5.41, 5.74) is 0. The molecule has 0 amide bonds. The van der Waals surface area contributed by atoms with E-state index in [0.717, 1.165) is 0 Å². The van der Waals surface area contributed by atoms with E-state index in [0.29, 0.717) is 0 Å². The summed E-state index contributed by atoms with van der Waals surface area (Å²) in [5.74, 6) is -3.06. The first-order valence-corrected chi connectivity index (χ1v) is 9.81. The molecule has 2 aliphatic heterocycles. The molecule has 1 saturated carbocycles. The molecule has 2 saturated heterocycles. The Bertz CT molecular complexity index is 689. The van der Waals surface area contributed by atoms with Crippen molar-refractivity contribution in [3.8, 4) is 0 Å². The fourth-order valence-electron chi connectivity index (χ4n) is 3.91. The predicted octanol–water partition coefficient (Wildman–Crippen LogP) is -3.10. The number of Topliss-reactive ketones (excluding diaryl/α,β-unsaturated/α-hetero) is 1. The van der Waals surface area contributed by atoms with Crippen molar-refractivity contribution in [3.63, 3.8) is 0 Å². The molecule has 0 radical (unpaired) electrons. The van der Waals surface area contributed by atoms with Gasteiger partial charge in [-0.05, 0) is 21.0 Å². The van der Waals surface area contributed by atoms with E-state index >= 15 is 0 Å². The van der Waals surface area contributed by atoms with Gasteiger partial charge in [0.1, 0.15) is 18.3 Å². The van der Waals surface area contributed by atoms with Gasteiger partial charge in [-0.1, -0.05) is 0 Å². The molecule has 0 aromatic carbocycles. The molecule has 2 heterocycles. The molecule has 3 rings (SSSR count). The number of carbonyl (C=O) groups is 1. The Labute approximate surface area is 156 Å². The number of hydrogen-bond acceptors (Lipinski definition) is 11. The molecule has 156 valence electrons. The van der Waals surface area contributed by atoms with Gasteiger partial charge in [0.2, 0.25) is 6.29 Å². The third kappa shape index (κ3) is 3.64. The van der Waals surface area contributed by atoms with E-state index in [1.165, 1.54) is 14.1 Å². The van der Waals surface area contributed by atoms with Crippen molar-refractivity contribution in [1.29, 1.82) is 0 Å². The Balaban J connectivity index is 2.00. The van der Waals surface area contributed by atoms with Crippen molar-refractivity contribution < 1.29 is 46.4 Å². The van der Waals surface area contributed by atoms with Gasteiger partial charge >= 0.3 is 10.4 Å². The quantitative estimate of drug-likeness (QED) is 0.295. The highest BCUT2D eigenvalue weighted by molar-refractivity contribution is 7.80. The third-order valence-electron chi connectivity index (χ3n) is 5.14. The van der Waals surface area contributed by atoms with Gasteiger partial charge in [0, 0.05) is 6.42 Å². The molecular formula is C14H24N2O10S. The first-order valence-electron chi connectivity index (χ1n) is 8.44. The number of rotatable bonds is 4. The molecule has 1 aliphatic carbocycles. The van der Waals surface area contributed by atoms with Crippen LogP contribution in [0.5, 0.6) is 0 Å². The lowest BCUT2D eigenvalue weighted by Crippen LogP contribution is -2.78. The summed E-state index contributed by atoms with van der Waals surface area (Å²) in [6.07, 6.45) is -7.25. The molecule has 13 heteroatoms. The normalized spacial score (nSPS) is 48.0. The molecule has 0 bridgehead atoms. The highest BCUT2D eigenvalue weighted by atomic mass is 32.3. The zero-order chi connectivity index (χ0) is 20.1. The molecule has 3 fully saturated rings. The van der Waals surface area contributed by atoms with E-state index in [9.17, 15) is 23.4 Å². The van der Waals surface area contributed by atoms with Crippen molar-refractivity contribution in [2.45, 2.75) is 68.0 Å². The van der Waals surface area contributed by atoms with Crippen molar-refractivity contribution in [2.24, 2.45) is 0 Å². The van der Waals surface area contributed by atoms with Crippen LogP contribution in [0.4, 0.5) is 0 Å². The van der Waals surface area contributed by atoms with Crippen LogP contribution in [-0.2, 0) is 33.6 Å². The van der Waals surface area contributed by atoms with Gasteiger partial charge in [0.05, 0.1) is 24.3 Å². The maximum Gasteiger partial charge on any atom is 0.397 e. The van der Waals surface area contributed by atoms with Crippen LogP contribution in [0.2, 0.25) is 0 Å². The fraction of sp³-hybridized carbons (Fsp3) is 0.929. The minimum Gasteiger partial charge on any atom is -0.390 e. The Morgan fingerprint density at radius 3 is 2.37 bits per heavy atom. The molecule has 0 aromatic rings. The smallest absolute Gasteiger partial charge is 0.390 e. The van der Waals surface area contributed by atoms with Gasteiger partial charge in [-0.3, -0.25) is 9.35 Å². The summed E-state index contributed by atoms with van der Waals surface area (Å²) in [6, 6.07) is -1.84. The number of likely N-dealkylation sites (N-methyl/N-ethyl adjacent to an activating group) is 2. The monoisotopic (exact) mass is 412 g/mol. The van der Waals surface area contributed by atoms with Crippen LogP contribution in [0.3, 0.4) is 0 Å². The highest BCUT2D eigenvalue weighted by Crippen LogP contribution is 2.41. The number of carbonyl (C=O) groups excluding carboxylic acids is 1. The summed E-state index contributed by atoms with van der Waals surface area (Å²) in [5, 5.41) is 26.8. The minimum absolute atomic E-state index is 0.107. The lowest BCUT2D eigenvalue weighted by Gasteiger charge is -2.55. The number of ether oxygens (including phenoxy) is 3. The summed E-state index contributed by atoms with van der Waals surface area (Å²) in [6.45, 7) is 1.61. The highest BCUT2D eigenvalue weighted by Gasteiger charge is 2.64. The van der Waals surface area contributed by atoms with Crippen LogP contribution in [0.25, 0.3) is 0 Å². The van der Waals surface area contributed by atoms with Gasteiger partial charge in [0.25, 0.3) is 5.79 Å². The van der Waals surface area contributed by atoms with Crippen LogP contribution in [0, 0.1) is 0 Å². The van der Waals surface area contributed by atoms with Crippen LogP contribution in [-0.4, -0.2) is 97.7 Å². The number of aliphatic hydroxyl groups is 2. The first-order chi connectivity index (χ1) is 12.5. The Kier molecular flexibility index (Phi) is 5.64. The minimum atomic E-state index is -4.91. The van der Waals surface area contributed by atoms with Crippen LogP contribution in [0.15, 0.2) is 0 Å². The number of nitrogens with one attached hydrogen (secondary N) is 2. The number of aliphatic hydroxyl groups excluding tert-OH is 1. The van der Waals surface area contributed by atoms with Gasteiger partial charge in [0.15, 0.2) is 5.78 Å². The molecule has 0 aromatic heterocycles. The maximum atomic E-state index is 12.3. The SMILES string of the molecule is CN[C@@H]1[C@H](O)[C@H](NC)[C@H]2O[C@@]3(O)C(=O)C[C@@H](C)O[C@H]3O[C@@H]2[C@H]1OS(=O)(=O)O. The molecule has 12 nitrogen and oxygen atoms in total. The summed E-state index contributed by atoms with van der Waals surface area (Å²) >= 11 is 0. The molecule has 0 spiro atoms. The standard InChI is InChI=1S/C14H24N2O10S/c1-5-4-6(17)14(19)13(23-5)24-12-10(25-14)7(15-2)9(18)8(16-3)11(12)26-27(20,21)22/h5,7-13,15-16,18-19H,4H2,1-3H3,(H,20,21,22)/t5-,7+,8-,9-,10-,11+,12+,13+,14+/m1/s1. The van der Waals surface area contributed by atoms with Crippen molar-refractivity contribution in [1.82, 2.24) is 10.6 Å². The molecule has 0 unspecified atom stereocenters. The van der Waals surface area contributed by atoms with Gasteiger partial charge < -0.3 is 35.1 Å². The van der Waals surface area contributed by atoms with E-state index in [-0.39, 0.29) is 6.42 Å². The molecule has 9 atom stereocenters. The lowest BCUT2D eigenvalue weighted by atomic mass is 9.80. The average Bonchev–Trinajstić information content (AvgIpc) is 2.54. The molecule has 3 aliphatic rings. The van der Waals surface area contributed by atoms with Crippen molar-refractivity contribution in [3.05, 3.63) is 0 Å². The maximum absolute atomic E-state index is 12.3. The second-order valence-corrected chi connectivity index (χ2v) is 7.94. The topological polar surface area (TPSA) is 173 Å². The van der Waals surface area contributed by atoms with E-state index in [1.807, 2.05) is 0 Å². The van der Waals surface area contributed by atoms with E-state index in [1.54, 1.807) is 6.92 Å². The molecular weight excluding hydrogens is 388 g/mol. The Morgan fingerprint density at radius 2 is 1.81 bits per heavy atom. The van der Waals surface area contributed by atoms with Crippen LogP contribution in [0.1, 0.15) is 13.3 Å². The zero-order valence-corrected chi connectivity index (χ0v) is 15.8. The fourth-order valence-corrected chi connectivity index (χ4v) is 4.42. The lowest BCUT2D eigenvalue weighted by molar-refractivity contribution is -0.418. The summed E-state index contributed by atoms with van der Waals surface area (Å²) in [7, 11) is -1.93. The first kappa shape index (κ1) is 21.0. The Hall–Kier alpha value is -0.740. The van der Waals surface area contributed by atoms with E-state index in [2.05, 4.69) is 10.6 Å². The second-order valence-electron chi connectivity index (χ2n) is 6.89. The number of fused-ring (bicyclic) bond motifs is 2. The number of hydrogen-bond donors (Lipinski definition) is 5. The van der Waals surface area contributed by atoms with Crippen molar-refractivity contribution in [2.75, 3.05) is 14.1 Å². The van der Waals surface area contributed by atoms with Crippen LogP contribution >= 0.6 is 0 Å². The predicted molar refractivity (Wildman–Crippen MR) is 86.8 cm³/mol. The van der Waals surface area contributed by atoms with Crippen molar-refractivity contribution >= 4 is 16.2 Å². The van der Waals surface area contributed by atoms with E-state index < -0.39 is 70.9 Å². The largest absolute Gasteiger partial charge is 0.397 e. The molecule has 5 N–H and O–H groups in total. The van der Waals surface area contributed by atoms with Gasteiger partial charge in [-0.2, -0.15) is 8.42 Å². The summed E-state index contributed by atoms with van der Waals surface area (Å²) in [4.78, 5) is 12.3. The Morgan fingerprint density at radius 1 is 1.19 bits per heavy atom. The zero-order valence-electron chi connectivity index (χ0n) is 14.9. The van der Waals surface area contributed by atoms with E-state index in [4.69, 9.17) is 22.9 Å². The molecule has 27 heavy (non-hydrogen) atoms.